The molecule has 0 atom stereocenters. The molecule has 2 heterocycles. The maximum absolute atomic E-state index is 12.7. The van der Waals surface area contributed by atoms with Gasteiger partial charge in [-0.25, -0.2) is 4.98 Å². The van der Waals surface area contributed by atoms with Gasteiger partial charge in [0.25, 0.3) is 5.91 Å². The predicted molar refractivity (Wildman–Crippen MR) is 95.6 cm³/mol. The van der Waals surface area contributed by atoms with Gasteiger partial charge in [-0.1, -0.05) is 25.1 Å². The number of ether oxygens (including phenoxy) is 1. The third-order valence-corrected chi connectivity index (χ3v) is 5.37. The molecule has 24 heavy (non-hydrogen) atoms. The van der Waals surface area contributed by atoms with Gasteiger partial charge in [0.1, 0.15) is 22.2 Å². The summed E-state index contributed by atoms with van der Waals surface area (Å²) >= 11 is 1.45. The zero-order chi connectivity index (χ0) is 16.9. The van der Waals surface area contributed by atoms with Crippen molar-refractivity contribution in [3.05, 3.63) is 45.9 Å². The second-order valence-electron chi connectivity index (χ2n) is 5.85. The van der Waals surface area contributed by atoms with E-state index in [-0.39, 0.29) is 5.91 Å². The SMILES string of the molecule is CCN1CCN(C(=O)c2sc(COc3ccccc3)nc2C)CC1. The van der Waals surface area contributed by atoms with Gasteiger partial charge < -0.3 is 14.5 Å². The summed E-state index contributed by atoms with van der Waals surface area (Å²) in [5, 5.41) is 0.840. The minimum absolute atomic E-state index is 0.103. The van der Waals surface area contributed by atoms with Crippen LogP contribution in [0.3, 0.4) is 0 Å². The van der Waals surface area contributed by atoms with Gasteiger partial charge in [0, 0.05) is 26.2 Å². The minimum Gasteiger partial charge on any atom is -0.486 e. The molecule has 1 aromatic carbocycles. The first-order valence-corrected chi connectivity index (χ1v) is 9.14. The van der Waals surface area contributed by atoms with E-state index in [1.54, 1.807) is 0 Å². The molecule has 6 heteroatoms. The number of likely N-dealkylation sites (N-methyl/N-ethyl adjacent to an activating group) is 1. The summed E-state index contributed by atoms with van der Waals surface area (Å²) in [6, 6.07) is 9.66. The van der Waals surface area contributed by atoms with E-state index in [1.807, 2.05) is 42.2 Å². The van der Waals surface area contributed by atoms with Crippen molar-refractivity contribution in [2.75, 3.05) is 32.7 Å². The second kappa shape index (κ2) is 7.77. The van der Waals surface area contributed by atoms with Crippen molar-refractivity contribution in [3.63, 3.8) is 0 Å². The van der Waals surface area contributed by atoms with Crippen molar-refractivity contribution in [2.45, 2.75) is 20.5 Å². The lowest BCUT2D eigenvalue weighted by Gasteiger charge is -2.33. The molecule has 0 spiro atoms. The molecular weight excluding hydrogens is 322 g/mol. The molecule has 5 nitrogen and oxygen atoms in total. The van der Waals surface area contributed by atoms with Crippen LogP contribution in [0, 0.1) is 6.92 Å². The molecule has 0 N–H and O–H groups in total. The summed E-state index contributed by atoms with van der Waals surface area (Å²) in [7, 11) is 0. The van der Waals surface area contributed by atoms with E-state index >= 15 is 0 Å². The number of carbonyl (C=O) groups excluding carboxylic acids is 1. The van der Waals surface area contributed by atoms with E-state index < -0.39 is 0 Å². The fraction of sp³-hybridized carbons (Fsp3) is 0.444. The molecule has 1 amide bonds. The molecule has 0 saturated carbocycles. The monoisotopic (exact) mass is 345 g/mol. The molecule has 0 unspecified atom stereocenters. The summed E-state index contributed by atoms with van der Waals surface area (Å²) in [4.78, 5) is 22.3. The van der Waals surface area contributed by atoms with Crippen molar-refractivity contribution in [2.24, 2.45) is 0 Å². The minimum atomic E-state index is 0.103. The van der Waals surface area contributed by atoms with Crippen LogP contribution >= 0.6 is 11.3 Å². The van der Waals surface area contributed by atoms with Crippen molar-refractivity contribution < 1.29 is 9.53 Å². The number of aryl methyl sites for hydroxylation is 1. The van der Waals surface area contributed by atoms with Crippen molar-refractivity contribution in [1.82, 2.24) is 14.8 Å². The second-order valence-corrected chi connectivity index (χ2v) is 6.93. The lowest BCUT2D eigenvalue weighted by atomic mass is 10.2. The first-order valence-electron chi connectivity index (χ1n) is 8.33. The van der Waals surface area contributed by atoms with E-state index in [0.717, 1.165) is 54.1 Å². The normalized spacial score (nSPS) is 15.5. The number of piperazine rings is 1. The van der Waals surface area contributed by atoms with Crippen molar-refractivity contribution in [1.29, 1.82) is 0 Å². The van der Waals surface area contributed by atoms with Crippen LogP contribution in [-0.2, 0) is 6.61 Å². The Balaban J connectivity index is 1.62. The summed E-state index contributed by atoms with van der Waals surface area (Å²) in [5.41, 5.74) is 0.801. The van der Waals surface area contributed by atoms with Gasteiger partial charge in [-0.2, -0.15) is 0 Å². The number of hydrogen-bond donors (Lipinski definition) is 0. The third kappa shape index (κ3) is 3.94. The topological polar surface area (TPSA) is 45.7 Å². The van der Waals surface area contributed by atoms with Gasteiger partial charge in [0.05, 0.1) is 5.69 Å². The van der Waals surface area contributed by atoms with E-state index in [9.17, 15) is 4.79 Å². The van der Waals surface area contributed by atoms with Crippen molar-refractivity contribution in [3.8, 4) is 5.75 Å². The molecule has 1 aliphatic rings. The number of para-hydroxylation sites is 1. The Bertz CT molecular complexity index is 679. The molecule has 2 aromatic rings. The van der Waals surface area contributed by atoms with E-state index in [0.29, 0.717) is 6.61 Å². The number of aromatic nitrogens is 1. The Kier molecular flexibility index (Phi) is 5.48. The quantitative estimate of drug-likeness (QED) is 0.836. The fourth-order valence-electron chi connectivity index (χ4n) is 2.79. The molecule has 0 bridgehead atoms. The molecule has 1 aromatic heterocycles. The lowest BCUT2D eigenvalue weighted by Crippen LogP contribution is -2.48. The first-order chi connectivity index (χ1) is 11.7. The summed E-state index contributed by atoms with van der Waals surface area (Å²) in [5.74, 6) is 0.917. The highest BCUT2D eigenvalue weighted by molar-refractivity contribution is 7.13. The highest BCUT2D eigenvalue weighted by atomic mass is 32.1. The Hall–Kier alpha value is -1.92. The molecule has 1 aliphatic heterocycles. The highest BCUT2D eigenvalue weighted by Crippen LogP contribution is 2.22. The zero-order valence-corrected chi connectivity index (χ0v) is 15.0. The molecule has 128 valence electrons. The zero-order valence-electron chi connectivity index (χ0n) is 14.2. The average Bonchev–Trinajstić information content (AvgIpc) is 3.01. The molecular formula is C18H23N3O2S. The van der Waals surface area contributed by atoms with Gasteiger partial charge >= 0.3 is 0 Å². The fourth-order valence-corrected chi connectivity index (χ4v) is 3.73. The van der Waals surface area contributed by atoms with Crippen LogP contribution in [-0.4, -0.2) is 53.4 Å². The number of hydrogen-bond acceptors (Lipinski definition) is 5. The van der Waals surface area contributed by atoms with Gasteiger partial charge in [-0.15, -0.1) is 11.3 Å². The molecule has 0 radical (unpaired) electrons. The number of nitrogens with zero attached hydrogens (tertiary/aromatic N) is 3. The Morgan fingerprint density at radius 3 is 2.58 bits per heavy atom. The van der Waals surface area contributed by atoms with Gasteiger partial charge in [0.2, 0.25) is 0 Å². The molecule has 3 rings (SSSR count). The van der Waals surface area contributed by atoms with Gasteiger partial charge in [-0.05, 0) is 25.6 Å². The van der Waals surface area contributed by atoms with Crippen LogP contribution in [0.25, 0.3) is 0 Å². The average molecular weight is 345 g/mol. The highest BCUT2D eigenvalue weighted by Gasteiger charge is 2.24. The van der Waals surface area contributed by atoms with Gasteiger partial charge in [0.15, 0.2) is 0 Å². The van der Waals surface area contributed by atoms with Crippen LogP contribution in [0.4, 0.5) is 0 Å². The van der Waals surface area contributed by atoms with Crippen LogP contribution in [0.1, 0.15) is 27.3 Å². The lowest BCUT2D eigenvalue weighted by molar-refractivity contribution is 0.0647. The molecule has 0 aliphatic carbocycles. The first kappa shape index (κ1) is 16.9. The van der Waals surface area contributed by atoms with E-state index in [2.05, 4.69) is 16.8 Å². The maximum atomic E-state index is 12.7. The largest absolute Gasteiger partial charge is 0.486 e. The predicted octanol–water partition coefficient (Wildman–Crippen LogP) is 2.81. The van der Waals surface area contributed by atoms with Crippen LogP contribution < -0.4 is 4.74 Å². The number of carbonyl (C=O) groups is 1. The standard InChI is InChI=1S/C18H23N3O2S/c1-3-20-9-11-21(12-10-20)18(22)17-14(2)19-16(24-17)13-23-15-7-5-4-6-8-15/h4-8H,3,9-13H2,1-2H3. The van der Waals surface area contributed by atoms with Crippen LogP contribution in [0.15, 0.2) is 30.3 Å². The summed E-state index contributed by atoms with van der Waals surface area (Å²) < 4.78 is 5.73. The Morgan fingerprint density at radius 1 is 1.21 bits per heavy atom. The van der Waals surface area contributed by atoms with E-state index in [1.165, 1.54) is 11.3 Å². The number of benzene rings is 1. The smallest absolute Gasteiger partial charge is 0.265 e. The Morgan fingerprint density at radius 2 is 1.92 bits per heavy atom. The summed E-state index contributed by atoms with van der Waals surface area (Å²) in [6.07, 6.45) is 0. The maximum Gasteiger partial charge on any atom is 0.265 e. The number of amides is 1. The number of rotatable bonds is 5. The summed E-state index contributed by atoms with van der Waals surface area (Å²) in [6.45, 7) is 8.98. The third-order valence-electron chi connectivity index (χ3n) is 4.25. The van der Waals surface area contributed by atoms with Crippen LogP contribution in [0.5, 0.6) is 5.75 Å². The molecule has 1 saturated heterocycles. The van der Waals surface area contributed by atoms with E-state index in [4.69, 9.17) is 4.74 Å². The Labute approximate surface area is 146 Å². The molecule has 1 fully saturated rings. The van der Waals surface area contributed by atoms with Gasteiger partial charge in [-0.3, -0.25) is 4.79 Å². The van der Waals surface area contributed by atoms with Crippen molar-refractivity contribution >= 4 is 17.2 Å². The number of thiazole rings is 1. The van der Waals surface area contributed by atoms with Crippen LogP contribution in [0.2, 0.25) is 0 Å².